The summed E-state index contributed by atoms with van der Waals surface area (Å²) in [6.07, 6.45) is 0.713. The van der Waals surface area contributed by atoms with Crippen molar-refractivity contribution in [3.8, 4) is 0 Å². The Labute approximate surface area is 83.6 Å². The quantitative estimate of drug-likeness (QED) is 0.767. The van der Waals surface area contributed by atoms with E-state index < -0.39 is 0 Å². The van der Waals surface area contributed by atoms with E-state index in [-0.39, 0.29) is 11.9 Å². The van der Waals surface area contributed by atoms with E-state index in [4.69, 9.17) is 0 Å². The lowest BCUT2D eigenvalue weighted by atomic mass is 10.0. The fourth-order valence-electron chi connectivity index (χ4n) is 2.13. The maximum Gasteiger partial charge on any atom is 0.126 e. The van der Waals surface area contributed by atoms with E-state index in [0.717, 1.165) is 17.5 Å². The number of aliphatic hydroxyl groups is 1. The Morgan fingerprint density at radius 2 is 2.21 bits per heavy atom. The van der Waals surface area contributed by atoms with Crippen molar-refractivity contribution in [1.82, 2.24) is 0 Å². The average Bonchev–Trinajstić information content (AvgIpc) is 2.89. The van der Waals surface area contributed by atoms with Gasteiger partial charge in [-0.3, -0.25) is 0 Å². The summed E-state index contributed by atoms with van der Waals surface area (Å²) in [4.78, 5) is 0. The maximum absolute atomic E-state index is 13.2. The molecule has 1 nitrogen and oxygen atoms in total. The number of hydrogen-bond acceptors (Lipinski definition) is 1. The lowest BCUT2D eigenvalue weighted by Gasteiger charge is -2.07. The molecule has 0 aromatic heterocycles. The minimum Gasteiger partial charge on any atom is -0.393 e. The smallest absolute Gasteiger partial charge is 0.126 e. The van der Waals surface area contributed by atoms with Gasteiger partial charge >= 0.3 is 0 Å². The van der Waals surface area contributed by atoms with Crippen LogP contribution in [0.2, 0.25) is 0 Å². The molecule has 1 aliphatic carbocycles. The molecule has 1 aliphatic rings. The molecule has 76 valence electrons. The first-order valence-electron chi connectivity index (χ1n) is 5.04. The molecule has 0 saturated heterocycles. The predicted octanol–water partition coefficient (Wildman–Crippen LogP) is 2.62. The Kier molecular flexibility index (Phi) is 2.31. The molecule has 0 unspecified atom stereocenters. The molecule has 0 aliphatic heterocycles. The van der Waals surface area contributed by atoms with E-state index in [0.29, 0.717) is 11.8 Å². The summed E-state index contributed by atoms with van der Waals surface area (Å²) in [5.41, 5.74) is 1.80. The first-order chi connectivity index (χ1) is 6.61. The fourth-order valence-corrected chi connectivity index (χ4v) is 2.13. The van der Waals surface area contributed by atoms with Gasteiger partial charge in [0.15, 0.2) is 0 Å². The highest BCUT2D eigenvalue weighted by Gasteiger charge is 2.42. The summed E-state index contributed by atoms with van der Waals surface area (Å²) in [5, 5.41) is 9.39. The van der Waals surface area contributed by atoms with Gasteiger partial charge in [0, 0.05) is 0 Å². The van der Waals surface area contributed by atoms with Crippen molar-refractivity contribution in [2.24, 2.45) is 5.92 Å². The lowest BCUT2D eigenvalue weighted by molar-refractivity contribution is 0.169. The molecule has 0 radical (unpaired) electrons. The highest BCUT2D eigenvalue weighted by atomic mass is 19.1. The van der Waals surface area contributed by atoms with Crippen molar-refractivity contribution in [1.29, 1.82) is 0 Å². The van der Waals surface area contributed by atoms with Gasteiger partial charge in [-0.15, -0.1) is 0 Å². The van der Waals surface area contributed by atoms with Gasteiger partial charge in [-0.1, -0.05) is 12.1 Å². The van der Waals surface area contributed by atoms with Crippen LogP contribution in [0.3, 0.4) is 0 Å². The number of hydrogen-bond donors (Lipinski definition) is 1. The van der Waals surface area contributed by atoms with Crippen LogP contribution in [-0.4, -0.2) is 11.2 Å². The van der Waals surface area contributed by atoms with Crippen molar-refractivity contribution < 1.29 is 9.50 Å². The first-order valence-corrected chi connectivity index (χ1v) is 5.04. The number of benzene rings is 1. The van der Waals surface area contributed by atoms with Gasteiger partial charge in [-0.25, -0.2) is 4.39 Å². The van der Waals surface area contributed by atoms with Crippen molar-refractivity contribution in [2.75, 3.05) is 0 Å². The minimum atomic E-state index is -0.275. The van der Waals surface area contributed by atoms with Gasteiger partial charge in [0.05, 0.1) is 6.10 Å². The summed E-state index contributed by atoms with van der Waals surface area (Å²) >= 11 is 0. The first kappa shape index (κ1) is 9.66. The van der Waals surface area contributed by atoms with E-state index in [1.807, 2.05) is 13.0 Å². The largest absolute Gasteiger partial charge is 0.393 e. The number of halogens is 1. The third-order valence-electron chi connectivity index (χ3n) is 3.17. The van der Waals surface area contributed by atoms with Crippen molar-refractivity contribution in [3.05, 3.63) is 35.1 Å². The van der Waals surface area contributed by atoms with Crippen LogP contribution in [-0.2, 0) is 0 Å². The molecule has 1 N–H and O–H groups in total. The Hall–Kier alpha value is -0.890. The molecule has 14 heavy (non-hydrogen) atoms. The second-order valence-electron chi connectivity index (χ2n) is 4.20. The van der Waals surface area contributed by atoms with Crippen LogP contribution < -0.4 is 0 Å². The molecule has 2 heteroatoms. The lowest BCUT2D eigenvalue weighted by Crippen LogP contribution is -2.04. The Balaban J connectivity index is 2.23. The zero-order valence-electron chi connectivity index (χ0n) is 8.50. The van der Waals surface area contributed by atoms with Gasteiger partial charge < -0.3 is 5.11 Å². The fraction of sp³-hybridized carbons (Fsp3) is 0.500. The maximum atomic E-state index is 13.2. The van der Waals surface area contributed by atoms with Gasteiger partial charge in [0.1, 0.15) is 5.82 Å². The molecule has 1 fully saturated rings. The van der Waals surface area contributed by atoms with Crippen LogP contribution >= 0.6 is 0 Å². The van der Waals surface area contributed by atoms with Gasteiger partial charge in [0.25, 0.3) is 0 Å². The molecule has 3 atom stereocenters. The summed E-state index contributed by atoms with van der Waals surface area (Å²) in [7, 11) is 0. The monoisotopic (exact) mass is 194 g/mol. The van der Waals surface area contributed by atoms with Crippen LogP contribution in [0.1, 0.15) is 30.4 Å². The molecule has 1 saturated carbocycles. The van der Waals surface area contributed by atoms with E-state index in [1.54, 1.807) is 13.0 Å². The van der Waals surface area contributed by atoms with Crippen LogP contribution in [0.4, 0.5) is 4.39 Å². The molecule has 0 bridgehead atoms. The standard InChI is InChI=1S/C12H15FO/c1-7-9(4-3-5-12(7)13)11-6-10(11)8(2)14/h3-5,8,10-11,14H,6H2,1-2H3/t8-,10+,11-/m0/s1. The van der Waals surface area contributed by atoms with E-state index in [9.17, 15) is 9.50 Å². The summed E-state index contributed by atoms with van der Waals surface area (Å²) in [6.45, 7) is 3.61. The molecule has 0 amide bonds. The van der Waals surface area contributed by atoms with Crippen LogP contribution in [0.15, 0.2) is 18.2 Å². The minimum absolute atomic E-state index is 0.140. The second kappa shape index (κ2) is 3.35. The Bertz CT molecular complexity index is 346. The van der Waals surface area contributed by atoms with Crippen LogP contribution in [0.5, 0.6) is 0 Å². The topological polar surface area (TPSA) is 20.2 Å². The highest BCUT2D eigenvalue weighted by molar-refractivity contribution is 5.34. The average molecular weight is 194 g/mol. The molecule has 0 heterocycles. The normalized spacial score (nSPS) is 27.4. The molecule has 2 rings (SSSR count). The van der Waals surface area contributed by atoms with Crippen molar-refractivity contribution in [3.63, 3.8) is 0 Å². The van der Waals surface area contributed by atoms with E-state index in [1.165, 1.54) is 6.07 Å². The Morgan fingerprint density at radius 1 is 1.50 bits per heavy atom. The van der Waals surface area contributed by atoms with E-state index >= 15 is 0 Å². The number of rotatable bonds is 2. The third-order valence-corrected chi connectivity index (χ3v) is 3.17. The molecular formula is C12H15FO. The molecule has 1 aromatic rings. The third kappa shape index (κ3) is 1.55. The summed E-state index contributed by atoms with van der Waals surface area (Å²) in [5.74, 6) is 0.556. The number of aliphatic hydroxyl groups excluding tert-OH is 1. The molecular weight excluding hydrogens is 179 g/mol. The second-order valence-corrected chi connectivity index (χ2v) is 4.20. The SMILES string of the molecule is Cc1c(F)cccc1[C@@H]1C[C@@H]1[C@H](C)O. The summed E-state index contributed by atoms with van der Waals surface area (Å²) in [6, 6.07) is 5.19. The molecule has 1 aromatic carbocycles. The Morgan fingerprint density at radius 3 is 2.79 bits per heavy atom. The van der Waals surface area contributed by atoms with Crippen LogP contribution in [0.25, 0.3) is 0 Å². The van der Waals surface area contributed by atoms with Crippen LogP contribution in [0, 0.1) is 18.7 Å². The molecule has 0 spiro atoms. The zero-order valence-corrected chi connectivity index (χ0v) is 8.50. The highest BCUT2D eigenvalue weighted by Crippen LogP contribution is 2.50. The zero-order chi connectivity index (χ0) is 10.3. The van der Waals surface area contributed by atoms with Gasteiger partial charge in [0.2, 0.25) is 0 Å². The summed E-state index contributed by atoms with van der Waals surface area (Å²) < 4.78 is 13.2. The van der Waals surface area contributed by atoms with Crippen molar-refractivity contribution >= 4 is 0 Å². The van der Waals surface area contributed by atoms with E-state index in [2.05, 4.69) is 0 Å². The van der Waals surface area contributed by atoms with Gasteiger partial charge in [-0.05, 0) is 49.3 Å². The van der Waals surface area contributed by atoms with Crippen molar-refractivity contribution in [2.45, 2.75) is 32.3 Å². The predicted molar refractivity (Wildman–Crippen MR) is 53.7 cm³/mol. The van der Waals surface area contributed by atoms with Gasteiger partial charge in [-0.2, -0.15) is 0 Å².